The maximum Gasteiger partial charge on any atom is 0.0641 e. The fourth-order valence-corrected chi connectivity index (χ4v) is 11.9. The zero-order valence-electron chi connectivity index (χ0n) is 38.0. The topological polar surface area (TPSA) is 19.7 Å². The Morgan fingerprint density at radius 3 is 0.843 bits per heavy atom. The summed E-state index contributed by atoms with van der Waals surface area (Å²) in [5.74, 6) is 0. The van der Waals surface area contributed by atoms with Crippen molar-refractivity contribution in [2.45, 2.75) is 0 Å². The van der Waals surface area contributed by atoms with Gasteiger partial charge in [0.1, 0.15) is 0 Å². The SMILES string of the molecule is c1ccc(-n2c3ccccc3c3c2c(-c2cccc(-c4cc5c6ccccc6n(-c6ccccc6)c5c5c6ccccc6n(-c6ccccc6)c45)c2)cc2c4ccccc4n(-c4ccccc4)c23)cc1. The van der Waals surface area contributed by atoms with Gasteiger partial charge in [-0.2, -0.15) is 0 Å². The molecule has 0 fully saturated rings. The second-order valence-corrected chi connectivity index (χ2v) is 18.4. The van der Waals surface area contributed by atoms with E-state index in [0.29, 0.717) is 0 Å². The lowest BCUT2D eigenvalue weighted by molar-refractivity contribution is 1.17. The van der Waals surface area contributed by atoms with Crippen LogP contribution >= 0.6 is 0 Å². The van der Waals surface area contributed by atoms with Gasteiger partial charge in [0.25, 0.3) is 0 Å². The molecule has 0 aliphatic carbocycles. The number of rotatable bonds is 6. The molecule has 15 aromatic rings. The van der Waals surface area contributed by atoms with E-state index in [0.717, 1.165) is 33.9 Å². The summed E-state index contributed by atoms with van der Waals surface area (Å²) in [6.45, 7) is 0. The standard InChI is InChI=1S/C66H42N4/c1-5-24-45(25-6-1)67-57-36-17-13-32-49(57)55-41-53(63-61(65(55)67)51-34-15-19-38-59(51)69(63)47-28-9-3-10-29-47)43-22-21-23-44(40-43)54-42-56-50-33-14-18-37-58(50)68(46-26-7-2-8-27-46)66(56)62-52-35-16-20-39-60(52)70(64(54)62)48-30-11-4-12-31-48/h1-42H. The van der Waals surface area contributed by atoms with Crippen LogP contribution in [0.1, 0.15) is 0 Å². The van der Waals surface area contributed by atoms with Gasteiger partial charge in [-0.15, -0.1) is 0 Å². The first kappa shape index (κ1) is 38.7. The van der Waals surface area contributed by atoms with E-state index in [2.05, 4.69) is 273 Å². The van der Waals surface area contributed by atoms with Gasteiger partial charge in [0, 0.05) is 77.0 Å². The highest BCUT2D eigenvalue weighted by Crippen LogP contribution is 2.49. The van der Waals surface area contributed by atoms with Gasteiger partial charge in [-0.25, -0.2) is 0 Å². The fourth-order valence-electron chi connectivity index (χ4n) is 11.9. The van der Waals surface area contributed by atoms with Gasteiger partial charge in [-0.1, -0.05) is 164 Å². The minimum absolute atomic E-state index is 1.13. The molecule has 0 radical (unpaired) electrons. The van der Waals surface area contributed by atoms with E-state index in [4.69, 9.17) is 0 Å². The fraction of sp³-hybridized carbons (Fsp3) is 0. The first-order valence-electron chi connectivity index (χ1n) is 24.1. The molecule has 0 unspecified atom stereocenters. The Labute approximate surface area is 403 Å². The summed E-state index contributed by atoms with van der Waals surface area (Å²) >= 11 is 0. The molecule has 70 heavy (non-hydrogen) atoms. The smallest absolute Gasteiger partial charge is 0.0641 e. The molecule has 0 saturated heterocycles. The molecule has 0 saturated carbocycles. The van der Waals surface area contributed by atoms with Crippen LogP contribution in [0.25, 0.3) is 132 Å². The van der Waals surface area contributed by atoms with Gasteiger partial charge in [0.15, 0.2) is 0 Å². The molecule has 4 heteroatoms. The molecular weight excluding hydrogens is 849 g/mol. The van der Waals surface area contributed by atoms with Crippen LogP contribution in [-0.2, 0) is 0 Å². The summed E-state index contributed by atoms with van der Waals surface area (Å²) in [7, 11) is 0. The van der Waals surface area contributed by atoms with Crippen LogP contribution in [0.2, 0.25) is 0 Å². The van der Waals surface area contributed by atoms with E-state index in [1.807, 2.05) is 0 Å². The second-order valence-electron chi connectivity index (χ2n) is 18.4. The van der Waals surface area contributed by atoms with Crippen molar-refractivity contribution in [3.05, 3.63) is 255 Å². The molecule has 0 N–H and O–H groups in total. The largest absolute Gasteiger partial charge is 0.309 e. The number of nitrogens with zero attached hydrogens (tertiary/aromatic N) is 4. The Morgan fingerprint density at radius 2 is 0.486 bits per heavy atom. The molecule has 15 rings (SSSR count). The van der Waals surface area contributed by atoms with E-state index >= 15 is 0 Å². The van der Waals surface area contributed by atoms with Crippen molar-refractivity contribution in [2.75, 3.05) is 0 Å². The number of aromatic nitrogens is 4. The van der Waals surface area contributed by atoms with Gasteiger partial charge in [-0.3, -0.25) is 0 Å². The molecule has 0 atom stereocenters. The van der Waals surface area contributed by atoms with E-state index in [-0.39, 0.29) is 0 Å². The first-order chi connectivity index (χ1) is 34.8. The second kappa shape index (κ2) is 15.1. The lowest BCUT2D eigenvalue weighted by atomic mass is 9.93. The number of para-hydroxylation sites is 8. The molecule has 4 heterocycles. The molecule has 326 valence electrons. The van der Waals surface area contributed by atoms with Crippen LogP contribution < -0.4 is 0 Å². The third-order valence-corrected chi connectivity index (χ3v) is 14.7. The maximum atomic E-state index is 2.50. The summed E-state index contributed by atoms with van der Waals surface area (Å²) in [5.41, 5.74) is 18.7. The highest BCUT2D eigenvalue weighted by Gasteiger charge is 2.27. The van der Waals surface area contributed by atoms with Crippen LogP contribution in [0.5, 0.6) is 0 Å². The van der Waals surface area contributed by atoms with Gasteiger partial charge >= 0.3 is 0 Å². The molecule has 0 amide bonds. The predicted octanol–water partition coefficient (Wildman–Crippen LogP) is 17.4. The molecule has 11 aromatic carbocycles. The van der Waals surface area contributed by atoms with Crippen molar-refractivity contribution in [2.24, 2.45) is 0 Å². The number of hydrogen-bond donors (Lipinski definition) is 0. The van der Waals surface area contributed by atoms with Crippen LogP contribution in [-0.4, -0.2) is 18.3 Å². The van der Waals surface area contributed by atoms with Crippen LogP contribution in [0, 0.1) is 0 Å². The first-order valence-corrected chi connectivity index (χ1v) is 24.1. The highest BCUT2D eigenvalue weighted by molar-refractivity contribution is 6.31. The Bertz CT molecular complexity index is 4260. The molecule has 4 aromatic heterocycles. The van der Waals surface area contributed by atoms with Crippen LogP contribution in [0.3, 0.4) is 0 Å². The summed E-state index contributed by atoms with van der Waals surface area (Å²) in [4.78, 5) is 0. The zero-order valence-corrected chi connectivity index (χ0v) is 38.0. The minimum atomic E-state index is 1.13. The summed E-state index contributed by atoms with van der Waals surface area (Å²) in [5, 5.41) is 9.82. The Hall–Kier alpha value is -9.38. The quantitative estimate of drug-likeness (QED) is 0.158. The average molecular weight is 891 g/mol. The molecule has 0 spiro atoms. The van der Waals surface area contributed by atoms with Crippen molar-refractivity contribution >= 4 is 87.2 Å². The van der Waals surface area contributed by atoms with Crippen LogP contribution in [0.15, 0.2) is 255 Å². The van der Waals surface area contributed by atoms with Crippen LogP contribution in [0.4, 0.5) is 0 Å². The van der Waals surface area contributed by atoms with E-state index in [1.165, 1.54) is 98.4 Å². The normalized spacial score (nSPS) is 12.0. The molecule has 0 aliphatic rings. The predicted molar refractivity (Wildman–Crippen MR) is 295 cm³/mol. The summed E-state index contributed by atoms with van der Waals surface area (Å²) in [6.07, 6.45) is 0. The Balaban J connectivity index is 1.11. The highest BCUT2D eigenvalue weighted by atomic mass is 15.0. The Morgan fingerprint density at radius 1 is 0.200 bits per heavy atom. The number of benzene rings is 11. The van der Waals surface area contributed by atoms with Crippen molar-refractivity contribution in [3.63, 3.8) is 0 Å². The molecule has 4 nitrogen and oxygen atoms in total. The monoisotopic (exact) mass is 890 g/mol. The van der Waals surface area contributed by atoms with Gasteiger partial charge in [-0.05, 0) is 102 Å². The van der Waals surface area contributed by atoms with E-state index in [9.17, 15) is 0 Å². The Kier molecular flexibility index (Phi) is 8.33. The van der Waals surface area contributed by atoms with Crippen molar-refractivity contribution in [1.29, 1.82) is 0 Å². The zero-order chi connectivity index (χ0) is 45.9. The lowest BCUT2D eigenvalue weighted by Gasteiger charge is -2.16. The van der Waals surface area contributed by atoms with Gasteiger partial charge < -0.3 is 18.3 Å². The van der Waals surface area contributed by atoms with E-state index in [1.54, 1.807) is 0 Å². The molecular formula is C66H42N4. The van der Waals surface area contributed by atoms with Crippen molar-refractivity contribution < 1.29 is 0 Å². The third kappa shape index (κ3) is 5.47. The van der Waals surface area contributed by atoms with Gasteiger partial charge in [0.05, 0.1) is 44.1 Å². The minimum Gasteiger partial charge on any atom is -0.309 e. The lowest BCUT2D eigenvalue weighted by Crippen LogP contribution is -1.98. The van der Waals surface area contributed by atoms with E-state index < -0.39 is 0 Å². The van der Waals surface area contributed by atoms with Crippen molar-refractivity contribution in [3.8, 4) is 45.0 Å². The summed E-state index contributed by atoms with van der Waals surface area (Å²) < 4.78 is 9.95. The van der Waals surface area contributed by atoms with Crippen molar-refractivity contribution in [1.82, 2.24) is 18.3 Å². The average Bonchev–Trinajstić information content (AvgIpc) is 4.17. The summed E-state index contributed by atoms with van der Waals surface area (Å²) in [6, 6.07) is 93.5. The maximum absolute atomic E-state index is 2.50. The molecule has 0 aliphatic heterocycles. The molecule has 0 bridgehead atoms. The number of hydrogen-bond acceptors (Lipinski definition) is 0. The van der Waals surface area contributed by atoms with Gasteiger partial charge in [0.2, 0.25) is 0 Å². The third-order valence-electron chi connectivity index (χ3n) is 14.7. The number of fused-ring (bicyclic) bond motifs is 14.